The van der Waals surface area contributed by atoms with Crippen LogP contribution in [0.3, 0.4) is 0 Å². The molecule has 0 aliphatic rings. The van der Waals surface area contributed by atoms with Crippen molar-refractivity contribution in [3.05, 3.63) is 53.6 Å². The number of hydrogen-bond donors (Lipinski definition) is 1. The maximum Gasteiger partial charge on any atom is 0.250 e. The number of carbonyl (C=O) groups is 1. The van der Waals surface area contributed by atoms with Crippen molar-refractivity contribution >= 4 is 23.9 Å². The van der Waals surface area contributed by atoms with E-state index in [1.807, 2.05) is 60.9 Å². The molecule has 1 N–H and O–H groups in total. The highest BCUT2D eigenvalue weighted by Gasteiger charge is 2.16. The highest BCUT2D eigenvalue weighted by molar-refractivity contribution is 7.99. The zero-order valence-corrected chi connectivity index (χ0v) is 18.8. The molecule has 31 heavy (non-hydrogen) atoms. The molecular formula is C22H25N5O3S. The number of thioether (sulfide) groups is 1. The van der Waals surface area contributed by atoms with Crippen molar-refractivity contribution in [2.75, 3.05) is 20.0 Å². The monoisotopic (exact) mass is 439 g/mol. The molecule has 9 heteroatoms. The van der Waals surface area contributed by atoms with Gasteiger partial charge in [0.15, 0.2) is 22.5 Å². The van der Waals surface area contributed by atoms with Crippen LogP contribution >= 0.6 is 11.8 Å². The highest BCUT2D eigenvalue weighted by Crippen LogP contribution is 2.32. The molecule has 0 radical (unpaired) electrons. The minimum absolute atomic E-state index is 0.176. The largest absolute Gasteiger partial charge is 0.493 e. The van der Waals surface area contributed by atoms with Gasteiger partial charge in [-0.15, -0.1) is 10.2 Å². The lowest BCUT2D eigenvalue weighted by Gasteiger charge is -2.10. The Labute approximate surface area is 185 Å². The minimum atomic E-state index is -0.216. The van der Waals surface area contributed by atoms with Crippen molar-refractivity contribution in [3.63, 3.8) is 0 Å². The molecule has 0 spiro atoms. The van der Waals surface area contributed by atoms with E-state index in [0.29, 0.717) is 29.0 Å². The Bertz CT molecular complexity index is 1060. The Morgan fingerprint density at radius 2 is 1.87 bits per heavy atom. The van der Waals surface area contributed by atoms with Crippen molar-refractivity contribution in [2.45, 2.75) is 25.5 Å². The average molecular weight is 440 g/mol. The fraction of sp³-hybridized carbons (Fsp3) is 0.273. The maximum atomic E-state index is 12.2. The average Bonchev–Trinajstić information content (AvgIpc) is 3.21. The zero-order chi connectivity index (χ0) is 22.2. The Morgan fingerprint density at radius 1 is 1.13 bits per heavy atom. The number of rotatable bonds is 9. The summed E-state index contributed by atoms with van der Waals surface area (Å²) in [6.07, 6.45) is 1.62. The first-order valence-electron chi connectivity index (χ1n) is 9.72. The maximum absolute atomic E-state index is 12.2. The van der Waals surface area contributed by atoms with Crippen LogP contribution in [-0.2, 0) is 11.3 Å². The van der Waals surface area contributed by atoms with E-state index in [1.54, 1.807) is 20.4 Å². The first kappa shape index (κ1) is 22.4. The third-order valence-electron chi connectivity index (χ3n) is 4.49. The smallest absolute Gasteiger partial charge is 0.250 e. The number of nitrogens with one attached hydrogen (secondary N) is 1. The molecule has 2 aromatic carbocycles. The number of benzene rings is 2. The van der Waals surface area contributed by atoms with Crippen LogP contribution in [0.25, 0.3) is 11.4 Å². The van der Waals surface area contributed by atoms with Gasteiger partial charge in [-0.2, -0.15) is 5.10 Å². The van der Waals surface area contributed by atoms with E-state index in [9.17, 15) is 4.79 Å². The van der Waals surface area contributed by atoms with Gasteiger partial charge in [0.05, 0.1) is 26.2 Å². The molecule has 1 aromatic heterocycles. The second-order valence-corrected chi connectivity index (χ2v) is 7.56. The molecule has 1 amide bonds. The van der Waals surface area contributed by atoms with E-state index in [-0.39, 0.29) is 11.7 Å². The number of nitrogens with zero attached hydrogens (tertiary/aromatic N) is 4. The number of ether oxygens (including phenoxy) is 2. The highest BCUT2D eigenvalue weighted by atomic mass is 32.2. The van der Waals surface area contributed by atoms with Crippen LogP contribution in [-0.4, -0.2) is 46.9 Å². The number of aryl methyl sites for hydroxylation is 1. The summed E-state index contributed by atoms with van der Waals surface area (Å²) < 4.78 is 12.6. The number of hydrazone groups is 1. The third-order valence-corrected chi connectivity index (χ3v) is 5.45. The van der Waals surface area contributed by atoms with E-state index in [0.717, 1.165) is 11.1 Å². The second-order valence-electron chi connectivity index (χ2n) is 6.61. The van der Waals surface area contributed by atoms with Crippen LogP contribution < -0.4 is 14.9 Å². The molecular weight excluding hydrogens is 414 g/mol. The fourth-order valence-corrected chi connectivity index (χ4v) is 3.66. The summed E-state index contributed by atoms with van der Waals surface area (Å²) in [5.74, 6) is 1.92. The van der Waals surface area contributed by atoms with E-state index in [2.05, 4.69) is 20.7 Å². The SMILES string of the molecule is CCn1c(SCC(=O)N/N=C\c2ccc(C)cc2)nnc1-c1ccc(OC)c(OC)c1. The van der Waals surface area contributed by atoms with Crippen LogP contribution in [0.1, 0.15) is 18.1 Å². The van der Waals surface area contributed by atoms with Crippen LogP contribution in [0.5, 0.6) is 11.5 Å². The molecule has 0 aliphatic carbocycles. The summed E-state index contributed by atoms with van der Waals surface area (Å²) in [7, 11) is 3.18. The third kappa shape index (κ3) is 5.64. The molecule has 8 nitrogen and oxygen atoms in total. The lowest BCUT2D eigenvalue weighted by atomic mass is 10.2. The van der Waals surface area contributed by atoms with Crippen molar-refractivity contribution < 1.29 is 14.3 Å². The number of amides is 1. The predicted molar refractivity (Wildman–Crippen MR) is 122 cm³/mol. The number of methoxy groups -OCH3 is 2. The topological polar surface area (TPSA) is 90.6 Å². The number of carbonyl (C=O) groups excluding carboxylic acids is 1. The van der Waals surface area contributed by atoms with Crippen LogP contribution in [0.4, 0.5) is 0 Å². The molecule has 3 rings (SSSR count). The van der Waals surface area contributed by atoms with Gasteiger partial charge in [0, 0.05) is 12.1 Å². The van der Waals surface area contributed by atoms with Gasteiger partial charge in [-0.25, -0.2) is 5.43 Å². The lowest BCUT2D eigenvalue weighted by Crippen LogP contribution is -2.20. The van der Waals surface area contributed by atoms with Gasteiger partial charge in [-0.3, -0.25) is 4.79 Å². The Hall–Kier alpha value is -3.33. The summed E-state index contributed by atoms with van der Waals surface area (Å²) in [6.45, 7) is 4.68. The molecule has 1 heterocycles. The molecule has 0 saturated carbocycles. The van der Waals surface area contributed by atoms with Crippen molar-refractivity contribution in [1.29, 1.82) is 0 Å². The van der Waals surface area contributed by atoms with Crippen LogP contribution in [0.2, 0.25) is 0 Å². The van der Waals surface area contributed by atoms with Crippen LogP contribution in [0.15, 0.2) is 52.7 Å². The summed E-state index contributed by atoms with van der Waals surface area (Å²) in [4.78, 5) is 12.2. The minimum Gasteiger partial charge on any atom is -0.493 e. The van der Waals surface area contributed by atoms with E-state index < -0.39 is 0 Å². The standard InChI is InChI=1S/C22H25N5O3S/c1-5-27-21(17-10-11-18(29-3)19(12-17)30-4)25-26-22(27)31-14-20(28)24-23-13-16-8-6-15(2)7-9-16/h6-13H,5,14H2,1-4H3,(H,24,28)/b23-13-. The molecule has 0 fully saturated rings. The molecule has 0 saturated heterocycles. The Balaban J connectivity index is 1.64. The molecule has 0 bridgehead atoms. The lowest BCUT2D eigenvalue weighted by molar-refractivity contribution is -0.118. The molecule has 0 unspecified atom stereocenters. The van der Waals surface area contributed by atoms with E-state index in [4.69, 9.17) is 9.47 Å². The van der Waals surface area contributed by atoms with Gasteiger partial charge in [-0.05, 0) is 37.6 Å². The van der Waals surface area contributed by atoms with Gasteiger partial charge in [0.2, 0.25) is 0 Å². The van der Waals surface area contributed by atoms with Gasteiger partial charge >= 0.3 is 0 Å². The number of aromatic nitrogens is 3. The van der Waals surface area contributed by atoms with Crippen molar-refractivity contribution in [2.24, 2.45) is 5.10 Å². The fourth-order valence-electron chi connectivity index (χ4n) is 2.86. The zero-order valence-electron chi connectivity index (χ0n) is 18.0. The second kappa shape index (κ2) is 10.6. The first-order chi connectivity index (χ1) is 15.0. The van der Waals surface area contributed by atoms with Crippen molar-refractivity contribution in [1.82, 2.24) is 20.2 Å². The summed E-state index contributed by atoms with van der Waals surface area (Å²) in [5.41, 5.74) is 5.49. The molecule has 0 atom stereocenters. The molecule has 3 aromatic rings. The Morgan fingerprint density at radius 3 is 2.55 bits per heavy atom. The Kier molecular flexibility index (Phi) is 7.66. The van der Waals surface area contributed by atoms with Gasteiger partial charge < -0.3 is 14.0 Å². The number of hydrogen-bond acceptors (Lipinski definition) is 7. The molecule has 0 aliphatic heterocycles. The quantitative estimate of drug-likeness (QED) is 0.312. The van der Waals surface area contributed by atoms with Crippen LogP contribution in [0, 0.1) is 6.92 Å². The van der Waals surface area contributed by atoms with E-state index in [1.165, 1.54) is 17.3 Å². The molecule has 162 valence electrons. The predicted octanol–water partition coefficient (Wildman–Crippen LogP) is 3.53. The summed E-state index contributed by atoms with van der Waals surface area (Å²) >= 11 is 1.31. The normalized spacial score (nSPS) is 11.0. The summed E-state index contributed by atoms with van der Waals surface area (Å²) in [5, 5.41) is 13.2. The van der Waals surface area contributed by atoms with Crippen molar-refractivity contribution in [3.8, 4) is 22.9 Å². The summed E-state index contributed by atoms with van der Waals surface area (Å²) in [6, 6.07) is 13.5. The van der Waals surface area contributed by atoms with Gasteiger partial charge in [-0.1, -0.05) is 41.6 Å². The first-order valence-corrected chi connectivity index (χ1v) is 10.7. The van der Waals surface area contributed by atoms with Gasteiger partial charge in [0.1, 0.15) is 0 Å². The van der Waals surface area contributed by atoms with Gasteiger partial charge in [0.25, 0.3) is 5.91 Å². The van der Waals surface area contributed by atoms with E-state index >= 15 is 0 Å².